The van der Waals surface area contributed by atoms with E-state index in [1.165, 1.54) is 5.56 Å². The van der Waals surface area contributed by atoms with E-state index in [0.29, 0.717) is 23.8 Å². The Bertz CT molecular complexity index is 617. The Labute approximate surface area is 136 Å². The largest absolute Gasteiger partial charge is 0.441 e. The number of rotatable bonds is 8. The maximum atomic E-state index is 11.7. The fraction of sp³-hybridized carbons (Fsp3) is 0.444. The highest BCUT2D eigenvalue weighted by Crippen LogP contribution is 2.24. The summed E-state index contributed by atoms with van der Waals surface area (Å²) in [5.41, 5.74) is 3.14. The van der Waals surface area contributed by atoms with Gasteiger partial charge < -0.3 is 4.42 Å². The van der Waals surface area contributed by atoms with Crippen LogP contribution < -0.4 is 0 Å². The van der Waals surface area contributed by atoms with Crippen molar-refractivity contribution in [2.45, 2.75) is 45.8 Å². The first kappa shape index (κ1) is 16.8. The number of hydrogen-bond donors (Lipinski definition) is 0. The van der Waals surface area contributed by atoms with Crippen LogP contribution in [0.1, 0.15) is 43.2 Å². The number of unbranched alkanes of at least 4 members (excludes halogenated alkanes) is 1. The first-order valence-electron chi connectivity index (χ1n) is 7.73. The molecule has 0 unspecified atom stereocenters. The summed E-state index contributed by atoms with van der Waals surface area (Å²) >= 11 is 1.62. The molecule has 3 nitrogen and oxygen atoms in total. The summed E-state index contributed by atoms with van der Waals surface area (Å²) in [6.45, 7) is 6.09. The van der Waals surface area contributed by atoms with Crippen molar-refractivity contribution in [1.29, 1.82) is 0 Å². The predicted molar refractivity (Wildman–Crippen MR) is 92.1 cm³/mol. The number of carbonyl (C=O) groups is 1. The number of ketones is 1. The molecule has 22 heavy (non-hydrogen) atoms. The average Bonchev–Trinajstić information content (AvgIpc) is 2.87. The van der Waals surface area contributed by atoms with E-state index in [-0.39, 0.29) is 0 Å². The first-order valence-corrected chi connectivity index (χ1v) is 8.88. The number of oxazole rings is 1. The van der Waals surface area contributed by atoms with Crippen LogP contribution in [0.2, 0.25) is 0 Å². The molecule has 0 saturated heterocycles. The third-order valence-electron chi connectivity index (χ3n) is 3.50. The average molecular weight is 317 g/mol. The van der Waals surface area contributed by atoms with Gasteiger partial charge in [0, 0.05) is 17.7 Å². The Morgan fingerprint density at radius 3 is 2.64 bits per heavy atom. The zero-order valence-corrected chi connectivity index (χ0v) is 14.3. The Kier molecular flexibility index (Phi) is 6.25. The number of aromatic nitrogens is 1. The van der Waals surface area contributed by atoms with Crippen LogP contribution in [0, 0.1) is 13.8 Å². The van der Waals surface area contributed by atoms with Crippen LogP contribution in [0.4, 0.5) is 0 Å². The van der Waals surface area contributed by atoms with E-state index in [9.17, 15) is 4.79 Å². The number of carbonyl (C=O) groups excluding carboxylic acids is 1. The standard InChI is InChI=1S/C18H23NO2S/c1-4-5-6-16(20)11-22-12-17-14(3)21-18(19-17)15-9-7-13(2)8-10-15/h7-10H,4-6,11-12H2,1-3H3. The summed E-state index contributed by atoms with van der Waals surface area (Å²) in [6.07, 6.45) is 2.74. The minimum Gasteiger partial charge on any atom is -0.441 e. The molecule has 118 valence electrons. The number of Topliss-reactive ketones (excluding diaryl/α,β-unsaturated/α-hetero) is 1. The lowest BCUT2D eigenvalue weighted by molar-refractivity contribution is -0.116. The highest BCUT2D eigenvalue weighted by Gasteiger charge is 2.12. The van der Waals surface area contributed by atoms with Gasteiger partial charge in [0.25, 0.3) is 0 Å². The van der Waals surface area contributed by atoms with Gasteiger partial charge in [0.1, 0.15) is 11.5 Å². The van der Waals surface area contributed by atoms with Gasteiger partial charge >= 0.3 is 0 Å². The van der Waals surface area contributed by atoms with Gasteiger partial charge in [0.15, 0.2) is 0 Å². The summed E-state index contributed by atoms with van der Waals surface area (Å²) in [6, 6.07) is 8.14. The quantitative estimate of drug-likeness (QED) is 0.691. The topological polar surface area (TPSA) is 43.1 Å². The van der Waals surface area contributed by atoms with Crippen LogP contribution in [-0.2, 0) is 10.5 Å². The van der Waals surface area contributed by atoms with Crippen LogP contribution in [0.3, 0.4) is 0 Å². The zero-order chi connectivity index (χ0) is 15.9. The lowest BCUT2D eigenvalue weighted by Crippen LogP contribution is -2.01. The molecule has 0 atom stereocenters. The third-order valence-corrected chi connectivity index (χ3v) is 4.51. The molecular formula is C18H23NO2S. The van der Waals surface area contributed by atoms with Crippen LogP contribution in [0.15, 0.2) is 28.7 Å². The van der Waals surface area contributed by atoms with Crippen molar-refractivity contribution in [3.63, 3.8) is 0 Å². The Balaban J connectivity index is 1.93. The molecule has 0 aliphatic carbocycles. The van der Waals surface area contributed by atoms with Crippen molar-refractivity contribution in [2.24, 2.45) is 0 Å². The second-order valence-corrected chi connectivity index (χ2v) is 6.51. The van der Waals surface area contributed by atoms with Gasteiger partial charge in [-0.1, -0.05) is 31.0 Å². The number of nitrogens with zero attached hydrogens (tertiary/aromatic N) is 1. The SMILES string of the molecule is CCCCC(=O)CSCc1nc(-c2ccc(C)cc2)oc1C. The van der Waals surface area contributed by atoms with E-state index in [1.54, 1.807) is 11.8 Å². The molecule has 0 fully saturated rings. The predicted octanol–water partition coefficient (Wildman–Crippen LogP) is 4.95. The van der Waals surface area contributed by atoms with Gasteiger partial charge in [0.05, 0.1) is 11.4 Å². The Morgan fingerprint density at radius 2 is 1.95 bits per heavy atom. The van der Waals surface area contributed by atoms with E-state index in [4.69, 9.17) is 4.42 Å². The van der Waals surface area contributed by atoms with Gasteiger partial charge in [-0.15, -0.1) is 11.8 Å². The molecular weight excluding hydrogens is 294 g/mol. The van der Waals surface area contributed by atoms with E-state index >= 15 is 0 Å². The van der Waals surface area contributed by atoms with Crippen molar-refractivity contribution in [2.75, 3.05) is 5.75 Å². The summed E-state index contributed by atoms with van der Waals surface area (Å²) in [7, 11) is 0. The molecule has 1 heterocycles. The van der Waals surface area contributed by atoms with Gasteiger partial charge in [-0.3, -0.25) is 4.79 Å². The highest BCUT2D eigenvalue weighted by atomic mass is 32.2. The minimum absolute atomic E-state index is 0.326. The van der Waals surface area contributed by atoms with Crippen LogP contribution >= 0.6 is 11.8 Å². The molecule has 0 bridgehead atoms. The molecule has 0 aliphatic rings. The molecule has 0 radical (unpaired) electrons. The molecule has 0 aliphatic heterocycles. The Hall–Kier alpha value is -1.55. The maximum absolute atomic E-state index is 11.7. The lowest BCUT2D eigenvalue weighted by Gasteiger charge is -1.99. The van der Waals surface area contributed by atoms with Gasteiger partial charge in [-0.25, -0.2) is 4.98 Å². The summed E-state index contributed by atoms with van der Waals surface area (Å²) < 4.78 is 5.75. The molecule has 1 aromatic heterocycles. The molecule has 0 amide bonds. The zero-order valence-electron chi connectivity index (χ0n) is 13.5. The second kappa shape index (κ2) is 8.18. The molecule has 0 saturated carbocycles. The lowest BCUT2D eigenvalue weighted by atomic mass is 10.1. The monoisotopic (exact) mass is 317 g/mol. The number of hydrogen-bond acceptors (Lipinski definition) is 4. The smallest absolute Gasteiger partial charge is 0.226 e. The number of aryl methyl sites for hydroxylation is 2. The minimum atomic E-state index is 0.326. The van der Waals surface area contributed by atoms with Gasteiger partial charge in [0.2, 0.25) is 5.89 Å². The normalized spacial score (nSPS) is 10.9. The summed E-state index contributed by atoms with van der Waals surface area (Å²) in [5.74, 6) is 3.10. The van der Waals surface area contributed by atoms with Crippen molar-refractivity contribution >= 4 is 17.5 Å². The fourth-order valence-electron chi connectivity index (χ4n) is 2.09. The van der Waals surface area contributed by atoms with Crippen molar-refractivity contribution < 1.29 is 9.21 Å². The van der Waals surface area contributed by atoms with E-state index in [1.807, 2.05) is 19.1 Å². The summed E-state index contributed by atoms with van der Waals surface area (Å²) in [5, 5.41) is 0. The maximum Gasteiger partial charge on any atom is 0.226 e. The van der Waals surface area contributed by atoms with Gasteiger partial charge in [-0.05, 0) is 32.4 Å². The first-order chi connectivity index (χ1) is 10.6. The fourth-order valence-corrected chi connectivity index (χ4v) is 3.02. The molecule has 0 spiro atoms. The number of thioether (sulfide) groups is 1. The Morgan fingerprint density at radius 1 is 1.23 bits per heavy atom. The number of benzene rings is 1. The molecule has 4 heteroatoms. The van der Waals surface area contributed by atoms with Crippen molar-refractivity contribution in [3.8, 4) is 11.5 Å². The highest BCUT2D eigenvalue weighted by molar-refractivity contribution is 7.99. The van der Waals surface area contributed by atoms with Crippen molar-refractivity contribution in [3.05, 3.63) is 41.3 Å². The molecule has 1 aromatic carbocycles. The van der Waals surface area contributed by atoms with Crippen LogP contribution in [0.25, 0.3) is 11.5 Å². The second-order valence-electron chi connectivity index (χ2n) is 5.52. The van der Waals surface area contributed by atoms with E-state index in [0.717, 1.165) is 35.6 Å². The van der Waals surface area contributed by atoms with Crippen LogP contribution in [-0.4, -0.2) is 16.5 Å². The molecule has 2 aromatic rings. The van der Waals surface area contributed by atoms with Gasteiger partial charge in [-0.2, -0.15) is 0 Å². The van der Waals surface area contributed by atoms with Crippen LogP contribution in [0.5, 0.6) is 0 Å². The molecule has 0 N–H and O–H groups in total. The van der Waals surface area contributed by atoms with E-state index in [2.05, 4.69) is 31.0 Å². The van der Waals surface area contributed by atoms with Crippen molar-refractivity contribution in [1.82, 2.24) is 4.98 Å². The van der Waals surface area contributed by atoms with E-state index < -0.39 is 0 Å². The summed E-state index contributed by atoms with van der Waals surface area (Å²) in [4.78, 5) is 16.2. The molecule has 2 rings (SSSR count). The third kappa shape index (κ3) is 4.73.